The Morgan fingerprint density at radius 1 is 1.57 bits per heavy atom. The average molecular weight is 324 g/mol. The van der Waals surface area contributed by atoms with Crippen molar-refractivity contribution >= 4 is 18.0 Å². The molecule has 1 aliphatic carbocycles. The number of rotatable bonds is 9. The molecule has 23 heavy (non-hydrogen) atoms. The fraction of sp³-hybridized carbons (Fsp3) is 0.688. The Bertz CT molecular complexity index is 478. The molecule has 0 aromatic rings. The third kappa shape index (κ3) is 5.53. The topological polar surface area (TPSA) is 83.0 Å². The average Bonchev–Trinajstić information content (AvgIpc) is 3.31. The van der Waals surface area contributed by atoms with Gasteiger partial charge < -0.3 is 14.8 Å². The molecular weight excluding hydrogens is 296 g/mol. The first-order valence-electron chi connectivity index (χ1n) is 7.69. The van der Waals surface area contributed by atoms with Crippen LogP contribution in [0.1, 0.15) is 20.3 Å². The van der Waals surface area contributed by atoms with Gasteiger partial charge in [-0.05, 0) is 40.4 Å². The van der Waals surface area contributed by atoms with Gasteiger partial charge in [0, 0.05) is 25.5 Å². The van der Waals surface area contributed by atoms with Gasteiger partial charge in [0.05, 0.1) is 0 Å². The van der Waals surface area contributed by atoms with E-state index >= 15 is 0 Å². The van der Waals surface area contributed by atoms with Crippen molar-refractivity contribution in [3.05, 3.63) is 12.7 Å². The van der Waals surface area contributed by atoms with E-state index in [1.54, 1.807) is 7.11 Å². The second-order valence-electron chi connectivity index (χ2n) is 6.20. The fourth-order valence-corrected chi connectivity index (χ4v) is 1.99. The molecule has 130 valence electrons. The number of aldehydes is 1. The van der Waals surface area contributed by atoms with E-state index in [4.69, 9.17) is 4.74 Å². The van der Waals surface area contributed by atoms with E-state index in [9.17, 15) is 9.59 Å². The lowest BCUT2D eigenvalue weighted by atomic mass is 10.2. The number of amidine groups is 1. The molecule has 2 N–H and O–H groups in total. The lowest BCUT2D eigenvalue weighted by Gasteiger charge is -2.34. The van der Waals surface area contributed by atoms with E-state index < -0.39 is 5.66 Å². The van der Waals surface area contributed by atoms with Crippen molar-refractivity contribution in [3.63, 3.8) is 0 Å². The Morgan fingerprint density at radius 2 is 2.22 bits per heavy atom. The summed E-state index contributed by atoms with van der Waals surface area (Å²) in [5.41, 5.74) is -0.586. The first-order chi connectivity index (χ1) is 10.8. The second kappa shape index (κ2) is 8.33. The molecule has 0 bridgehead atoms. The van der Waals surface area contributed by atoms with Gasteiger partial charge in [0.25, 0.3) is 0 Å². The van der Waals surface area contributed by atoms with E-state index in [2.05, 4.69) is 22.2 Å². The number of carbonyl (C=O) groups excluding carboxylic acids is 2. The van der Waals surface area contributed by atoms with Gasteiger partial charge >= 0.3 is 0 Å². The highest BCUT2D eigenvalue weighted by Gasteiger charge is 2.43. The molecule has 0 spiro atoms. The quantitative estimate of drug-likeness (QED) is 0.277. The van der Waals surface area contributed by atoms with Crippen molar-refractivity contribution in [1.29, 1.82) is 0 Å². The standard InChI is InChI=1S/C16H28N4O3/c1-7-14(18-15(22)13-8-12(13)9-21)19-16(3,20(4)5)10-17-11(2)23-6/h7,9,11-13,17H,1,8,10H2,2-6H3,(H,18,19,22)/t11?,12-,13+,16?/m1/s1. The zero-order valence-electron chi connectivity index (χ0n) is 14.6. The number of hydrogen-bond acceptors (Lipinski definition) is 6. The van der Waals surface area contributed by atoms with Gasteiger partial charge in [-0.1, -0.05) is 6.58 Å². The van der Waals surface area contributed by atoms with E-state index in [0.717, 1.165) is 6.29 Å². The van der Waals surface area contributed by atoms with Gasteiger partial charge in [-0.2, -0.15) is 0 Å². The van der Waals surface area contributed by atoms with Crippen LogP contribution in [0, 0.1) is 11.8 Å². The van der Waals surface area contributed by atoms with Gasteiger partial charge in [0.1, 0.15) is 24.0 Å². The number of nitrogens with one attached hydrogen (secondary N) is 2. The maximum absolute atomic E-state index is 12.1. The number of nitrogens with zero attached hydrogens (tertiary/aromatic N) is 2. The lowest BCUT2D eigenvalue weighted by Crippen LogP contribution is -2.51. The molecule has 4 atom stereocenters. The molecule has 1 rings (SSSR count). The smallest absolute Gasteiger partial charge is 0.229 e. The molecule has 1 amide bonds. The summed E-state index contributed by atoms with van der Waals surface area (Å²) >= 11 is 0. The number of aliphatic imine (C=N–C) groups is 1. The van der Waals surface area contributed by atoms with E-state index in [-0.39, 0.29) is 24.0 Å². The highest BCUT2D eigenvalue weighted by atomic mass is 16.5. The highest BCUT2D eigenvalue weighted by molar-refractivity contribution is 6.06. The summed E-state index contributed by atoms with van der Waals surface area (Å²) in [4.78, 5) is 29.3. The van der Waals surface area contributed by atoms with Crippen LogP contribution < -0.4 is 10.6 Å². The third-order valence-corrected chi connectivity index (χ3v) is 4.20. The number of hydrogen-bond donors (Lipinski definition) is 2. The lowest BCUT2D eigenvalue weighted by molar-refractivity contribution is -0.122. The van der Waals surface area contributed by atoms with Gasteiger partial charge in [0.2, 0.25) is 5.91 Å². The number of amides is 1. The monoisotopic (exact) mass is 324 g/mol. The highest BCUT2D eigenvalue weighted by Crippen LogP contribution is 2.36. The first kappa shape index (κ1) is 19.5. The Hall–Kier alpha value is -1.57. The predicted molar refractivity (Wildman–Crippen MR) is 90.0 cm³/mol. The normalized spacial score (nSPS) is 24.7. The minimum Gasteiger partial charge on any atom is -0.367 e. The van der Waals surface area contributed by atoms with Crippen LogP contribution >= 0.6 is 0 Å². The van der Waals surface area contributed by atoms with Crippen LogP contribution in [0.5, 0.6) is 0 Å². The van der Waals surface area contributed by atoms with E-state index in [0.29, 0.717) is 18.8 Å². The van der Waals surface area contributed by atoms with Crippen molar-refractivity contribution in [2.45, 2.75) is 32.2 Å². The fourth-order valence-electron chi connectivity index (χ4n) is 1.99. The Kier molecular flexibility index (Phi) is 7.05. The number of ether oxygens (including phenoxy) is 1. The molecule has 0 aromatic carbocycles. The summed E-state index contributed by atoms with van der Waals surface area (Å²) in [6, 6.07) is 0. The van der Waals surface area contributed by atoms with Crippen LogP contribution in [0.4, 0.5) is 0 Å². The van der Waals surface area contributed by atoms with Gasteiger partial charge in [-0.25, -0.2) is 4.99 Å². The van der Waals surface area contributed by atoms with Gasteiger partial charge in [-0.15, -0.1) is 0 Å². The summed E-state index contributed by atoms with van der Waals surface area (Å²) in [6.45, 7) is 8.09. The molecule has 0 radical (unpaired) electrons. The van der Waals surface area contributed by atoms with Crippen LogP contribution in [-0.4, -0.2) is 62.6 Å². The molecule has 1 aliphatic rings. The Morgan fingerprint density at radius 3 is 2.65 bits per heavy atom. The largest absolute Gasteiger partial charge is 0.367 e. The molecule has 0 heterocycles. The molecule has 2 unspecified atom stereocenters. The Labute approximate surface area is 138 Å². The molecule has 0 aromatic heterocycles. The number of carbonyl (C=O) groups is 2. The van der Waals surface area contributed by atoms with Crippen molar-refractivity contribution in [2.24, 2.45) is 16.8 Å². The van der Waals surface area contributed by atoms with Crippen molar-refractivity contribution in [1.82, 2.24) is 15.5 Å². The SMILES string of the molecule is C=CC(=NC(C)(CNC(C)OC)N(C)C)NC(=O)[C@H]1C[C@@H]1C=O. The maximum atomic E-state index is 12.1. The van der Waals surface area contributed by atoms with Crippen LogP contribution in [0.2, 0.25) is 0 Å². The van der Waals surface area contributed by atoms with Crippen molar-refractivity contribution in [2.75, 3.05) is 27.7 Å². The van der Waals surface area contributed by atoms with Crippen LogP contribution in [0.25, 0.3) is 0 Å². The molecule has 1 saturated carbocycles. The molecular formula is C16H28N4O3. The van der Waals surface area contributed by atoms with Crippen molar-refractivity contribution < 1.29 is 14.3 Å². The minimum absolute atomic E-state index is 0.105. The van der Waals surface area contributed by atoms with Crippen molar-refractivity contribution in [3.8, 4) is 0 Å². The minimum atomic E-state index is -0.586. The number of methoxy groups -OCH3 is 1. The zero-order chi connectivity index (χ0) is 17.6. The van der Waals surface area contributed by atoms with Gasteiger partial charge in [0.15, 0.2) is 0 Å². The van der Waals surface area contributed by atoms with E-state index in [1.165, 1.54) is 6.08 Å². The molecule has 1 fully saturated rings. The Balaban J connectivity index is 2.79. The first-order valence-corrected chi connectivity index (χ1v) is 7.69. The summed E-state index contributed by atoms with van der Waals surface area (Å²) in [5.74, 6) is -0.185. The third-order valence-electron chi connectivity index (χ3n) is 4.20. The molecule has 7 heteroatoms. The number of likely N-dealkylation sites (N-methyl/N-ethyl adjacent to an activating group) is 1. The van der Waals surface area contributed by atoms with Crippen LogP contribution in [0.15, 0.2) is 17.6 Å². The zero-order valence-corrected chi connectivity index (χ0v) is 14.6. The molecule has 7 nitrogen and oxygen atoms in total. The molecule has 0 saturated heterocycles. The molecule has 0 aliphatic heterocycles. The predicted octanol–water partition coefficient (Wildman–Crippen LogP) is 0.382. The van der Waals surface area contributed by atoms with Crippen LogP contribution in [-0.2, 0) is 14.3 Å². The maximum Gasteiger partial charge on any atom is 0.229 e. The second-order valence-corrected chi connectivity index (χ2v) is 6.20. The van der Waals surface area contributed by atoms with Gasteiger partial charge in [-0.3, -0.25) is 15.0 Å². The summed E-state index contributed by atoms with van der Waals surface area (Å²) < 4.78 is 5.18. The summed E-state index contributed by atoms with van der Waals surface area (Å²) in [5, 5.41) is 5.98. The summed E-state index contributed by atoms with van der Waals surface area (Å²) in [7, 11) is 5.45. The summed E-state index contributed by atoms with van der Waals surface area (Å²) in [6.07, 6.45) is 2.84. The van der Waals surface area contributed by atoms with Crippen LogP contribution in [0.3, 0.4) is 0 Å². The van der Waals surface area contributed by atoms with E-state index in [1.807, 2.05) is 32.8 Å².